The fourth-order valence-corrected chi connectivity index (χ4v) is 0.400. The zero-order valence-corrected chi connectivity index (χ0v) is 6.10. The molecule has 0 aromatic heterocycles. The molecule has 50 valence electrons. The summed E-state index contributed by atoms with van der Waals surface area (Å²) in [5.41, 5.74) is 1.82. The lowest BCUT2D eigenvalue weighted by atomic mass is 10.3. The Balaban J connectivity index is 4.27. The third kappa shape index (κ3) is 2.80. The second kappa shape index (κ2) is 4.01. The van der Waals surface area contributed by atoms with E-state index in [0.29, 0.717) is 0 Å². The first-order chi connectivity index (χ1) is 4.22. The Morgan fingerprint density at radius 3 is 2.33 bits per heavy atom. The smallest absolute Gasteiger partial charge is 0.0412 e. The van der Waals surface area contributed by atoms with Crippen LogP contribution in [-0.2, 0) is 0 Å². The van der Waals surface area contributed by atoms with Crippen LogP contribution in [0.15, 0.2) is 16.3 Å². The third-order valence-electron chi connectivity index (χ3n) is 1.11. The highest BCUT2D eigenvalue weighted by Gasteiger charge is 1.86. The number of rotatable bonds is 2. The number of nitrogens with one attached hydrogen (secondary N) is 1. The first kappa shape index (κ1) is 8.08. The van der Waals surface area contributed by atoms with Crippen molar-refractivity contribution in [2.24, 2.45) is 4.99 Å². The van der Waals surface area contributed by atoms with E-state index in [4.69, 9.17) is 5.41 Å². The summed E-state index contributed by atoms with van der Waals surface area (Å²) >= 11 is 0. The number of hydrogen-bond acceptors (Lipinski definition) is 2. The molecule has 0 atom stereocenters. The molecule has 0 amide bonds. The van der Waals surface area contributed by atoms with Gasteiger partial charge in [-0.2, -0.15) is 0 Å². The molecule has 0 radical (unpaired) electrons. The van der Waals surface area contributed by atoms with E-state index < -0.39 is 0 Å². The van der Waals surface area contributed by atoms with Gasteiger partial charge in [0.05, 0.1) is 0 Å². The van der Waals surface area contributed by atoms with Crippen molar-refractivity contribution in [3.63, 3.8) is 0 Å². The van der Waals surface area contributed by atoms with Crippen molar-refractivity contribution in [3.8, 4) is 0 Å². The molecule has 0 rings (SSSR count). The topological polar surface area (TPSA) is 36.2 Å². The minimum atomic E-state index is 0.910. The molecule has 2 nitrogen and oxygen atoms in total. The highest BCUT2D eigenvalue weighted by Crippen LogP contribution is 1.99. The predicted octanol–water partition coefficient (Wildman–Crippen LogP) is 2.02. The molecule has 0 aromatic carbocycles. The molecular weight excluding hydrogens is 112 g/mol. The second-order valence-electron chi connectivity index (χ2n) is 1.80. The van der Waals surface area contributed by atoms with E-state index in [1.54, 1.807) is 6.21 Å². The van der Waals surface area contributed by atoms with Gasteiger partial charge in [-0.25, -0.2) is 0 Å². The van der Waals surface area contributed by atoms with Crippen LogP contribution in [0.4, 0.5) is 0 Å². The van der Waals surface area contributed by atoms with E-state index in [0.717, 1.165) is 11.3 Å². The molecule has 9 heavy (non-hydrogen) atoms. The Labute approximate surface area is 55.8 Å². The monoisotopic (exact) mass is 124 g/mol. The van der Waals surface area contributed by atoms with Gasteiger partial charge in [-0.15, -0.1) is 0 Å². The molecule has 0 spiro atoms. The van der Waals surface area contributed by atoms with Gasteiger partial charge < -0.3 is 5.41 Å². The first-order valence-electron chi connectivity index (χ1n) is 2.89. The summed E-state index contributed by atoms with van der Waals surface area (Å²) in [6, 6.07) is 0. The fourth-order valence-electron chi connectivity index (χ4n) is 0.400. The maximum Gasteiger partial charge on any atom is 0.0412 e. The Bertz CT molecular complexity index is 154. The third-order valence-corrected chi connectivity index (χ3v) is 1.11. The summed E-state index contributed by atoms with van der Waals surface area (Å²) in [7, 11) is 0. The van der Waals surface area contributed by atoms with Crippen molar-refractivity contribution in [2.75, 3.05) is 0 Å². The van der Waals surface area contributed by atoms with Crippen LogP contribution in [0.1, 0.15) is 20.8 Å². The Hall–Kier alpha value is -0.920. The number of allylic oxidation sites excluding steroid dienone is 2. The van der Waals surface area contributed by atoms with Crippen LogP contribution < -0.4 is 0 Å². The molecule has 0 bridgehead atoms. The van der Waals surface area contributed by atoms with Crippen LogP contribution in [0.2, 0.25) is 0 Å². The van der Waals surface area contributed by atoms with Gasteiger partial charge in [0.15, 0.2) is 0 Å². The molecule has 0 aliphatic carbocycles. The van der Waals surface area contributed by atoms with E-state index in [9.17, 15) is 0 Å². The van der Waals surface area contributed by atoms with Gasteiger partial charge in [-0.3, -0.25) is 4.99 Å². The molecule has 2 heteroatoms. The SMILES string of the molecule is CC=N/C(C)=C(/C)C=N. The van der Waals surface area contributed by atoms with Gasteiger partial charge in [0.2, 0.25) is 0 Å². The lowest BCUT2D eigenvalue weighted by Gasteiger charge is -1.92. The van der Waals surface area contributed by atoms with Gasteiger partial charge in [0.25, 0.3) is 0 Å². The highest BCUT2D eigenvalue weighted by molar-refractivity contribution is 5.76. The summed E-state index contributed by atoms with van der Waals surface area (Å²) in [6.07, 6.45) is 3.03. The zero-order chi connectivity index (χ0) is 7.28. The van der Waals surface area contributed by atoms with Gasteiger partial charge in [-0.05, 0) is 26.3 Å². The largest absolute Gasteiger partial charge is 0.308 e. The van der Waals surface area contributed by atoms with Crippen LogP contribution in [0.25, 0.3) is 0 Å². The first-order valence-corrected chi connectivity index (χ1v) is 2.89. The molecule has 0 unspecified atom stereocenters. The highest BCUT2D eigenvalue weighted by atomic mass is 14.7. The molecule has 0 saturated heterocycles. The van der Waals surface area contributed by atoms with Gasteiger partial charge in [0.1, 0.15) is 0 Å². The van der Waals surface area contributed by atoms with E-state index in [2.05, 4.69) is 4.99 Å². The Morgan fingerprint density at radius 2 is 2.00 bits per heavy atom. The van der Waals surface area contributed by atoms with Gasteiger partial charge in [-0.1, -0.05) is 0 Å². The van der Waals surface area contributed by atoms with Crippen molar-refractivity contribution < 1.29 is 0 Å². The molecule has 0 aliphatic rings. The minimum Gasteiger partial charge on any atom is -0.308 e. The van der Waals surface area contributed by atoms with E-state index in [1.165, 1.54) is 6.21 Å². The number of hydrogen-bond donors (Lipinski definition) is 1. The fraction of sp³-hybridized carbons (Fsp3) is 0.429. The van der Waals surface area contributed by atoms with Crippen molar-refractivity contribution in [1.29, 1.82) is 5.41 Å². The Morgan fingerprint density at radius 1 is 1.44 bits per heavy atom. The molecule has 0 fully saturated rings. The molecule has 1 N–H and O–H groups in total. The predicted molar refractivity (Wildman–Crippen MR) is 41.3 cm³/mol. The molecule has 0 aliphatic heterocycles. The van der Waals surface area contributed by atoms with Crippen molar-refractivity contribution >= 4 is 12.4 Å². The quantitative estimate of drug-likeness (QED) is 0.547. The Kier molecular flexibility index (Phi) is 3.60. The summed E-state index contributed by atoms with van der Waals surface area (Å²) in [5, 5.41) is 6.86. The van der Waals surface area contributed by atoms with Gasteiger partial charge in [0, 0.05) is 18.1 Å². The minimum absolute atomic E-state index is 0.910. The summed E-state index contributed by atoms with van der Waals surface area (Å²) in [4.78, 5) is 4.00. The molecule has 0 heterocycles. The van der Waals surface area contributed by atoms with E-state index in [-0.39, 0.29) is 0 Å². The standard InChI is InChI=1S/C7H12N2/c1-4-9-7(3)6(2)5-8/h4-5,8H,1-3H3/b7-6-,8-5?,9-4?. The second-order valence-corrected chi connectivity index (χ2v) is 1.80. The van der Waals surface area contributed by atoms with Crippen LogP contribution in [-0.4, -0.2) is 12.4 Å². The van der Waals surface area contributed by atoms with E-state index >= 15 is 0 Å². The van der Waals surface area contributed by atoms with E-state index in [1.807, 2.05) is 20.8 Å². The molecule has 0 saturated carbocycles. The van der Waals surface area contributed by atoms with Crippen LogP contribution in [0.5, 0.6) is 0 Å². The summed E-state index contributed by atoms with van der Waals surface area (Å²) in [5.74, 6) is 0. The zero-order valence-electron chi connectivity index (χ0n) is 6.10. The van der Waals surface area contributed by atoms with Crippen molar-refractivity contribution in [1.82, 2.24) is 0 Å². The lowest BCUT2D eigenvalue weighted by Crippen LogP contribution is -1.80. The van der Waals surface area contributed by atoms with Gasteiger partial charge >= 0.3 is 0 Å². The van der Waals surface area contributed by atoms with Crippen LogP contribution in [0.3, 0.4) is 0 Å². The number of aliphatic imine (C=N–C) groups is 1. The summed E-state index contributed by atoms with van der Waals surface area (Å²) < 4.78 is 0. The normalized spacial score (nSPS) is 13.7. The summed E-state index contributed by atoms with van der Waals surface area (Å²) in [6.45, 7) is 5.62. The molecular formula is C7H12N2. The maximum absolute atomic E-state index is 6.86. The van der Waals surface area contributed by atoms with Crippen molar-refractivity contribution in [3.05, 3.63) is 11.3 Å². The average Bonchev–Trinajstić information content (AvgIpc) is 1.87. The number of nitrogens with zero attached hydrogens (tertiary/aromatic N) is 1. The average molecular weight is 124 g/mol. The van der Waals surface area contributed by atoms with Crippen molar-refractivity contribution in [2.45, 2.75) is 20.8 Å². The lowest BCUT2D eigenvalue weighted by molar-refractivity contribution is 1.26. The molecule has 0 aromatic rings. The van der Waals surface area contributed by atoms with Crippen LogP contribution >= 0.6 is 0 Å². The maximum atomic E-state index is 6.86. The van der Waals surface area contributed by atoms with Crippen LogP contribution in [0, 0.1) is 5.41 Å².